The first-order valence-corrected chi connectivity index (χ1v) is 7.16. The van der Waals surface area contributed by atoms with Gasteiger partial charge >= 0.3 is 0 Å². The standard InChI is InChI=1S/C15H24N2O/c1-11(2)13(10-18)15-16-9-8-14(17-15)12-6-4-3-5-7-12/h8-9,11-13,18H,3-7,10H2,1-2H3. The molecule has 1 aliphatic carbocycles. The molecule has 1 saturated carbocycles. The van der Waals surface area contributed by atoms with Gasteiger partial charge in [0.15, 0.2) is 0 Å². The topological polar surface area (TPSA) is 46.0 Å². The maximum absolute atomic E-state index is 9.47. The third kappa shape index (κ3) is 3.08. The molecule has 3 heteroatoms. The van der Waals surface area contributed by atoms with E-state index in [0.717, 1.165) is 5.82 Å². The second kappa shape index (κ2) is 6.28. The highest BCUT2D eigenvalue weighted by Crippen LogP contribution is 2.32. The summed E-state index contributed by atoms with van der Waals surface area (Å²) in [5, 5.41) is 9.47. The fourth-order valence-corrected chi connectivity index (χ4v) is 2.78. The zero-order chi connectivity index (χ0) is 13.0. The highest BCUT2D eigenvalue weighted by molar-refractivity contribution is 5.11. The molecule has 1 aromatic heterocycles. The van der Waals surface area contributed by atoms with Crippen LogP contribution in [0.4, 0.5) is 0 Å². The summed E-state index contributed by atoms with van der Waals surface area (Å²) in [4.78, 5) is 9.07. The average Bonchev–Trinajstić information content (AvgIpc) is 2.40. The van der Waals surface area contributed by atoms with Crippen molar-refractivity contribution >= 4 is 0 Å². The van der Waals surface area contributed by atoms with Crippen LogP contribution in [-0.4, -0.2) is 21.7 Å². The van der Waals surface area contributed by atoms with Gasteiger partial charge in [-0.2, -0.15) is 0 Å². The summed E-state index contributed by atoms with van der Waals surface area (Å²) in [7, 11) is 0. The fourth-order valence-electron chi connectivity index (χ4n) is 2.78. The van der Waals surface area contributed by atoms with Crippen LogP contribution in [0, 0.1) is 5.92 Å². The van der Waals surface area contributed by atoms with Crippen LogP contribution in [0.5, 0.6) is 0 Å². The SMILES string of the molecule is CC(C)C(CO)c1nccc(C2CCCCC2)n1. The lowest BCUT2D eigenvalue weighted by Crippen LogP contribution is -2.16. The van der Waals surface area contributed by atoms with Crippen molar-refractivity contribution < 1.29 is 5.11 Å². The van der Waals surface area contributed by atoms with Crippen LogP contribution in [0.15, 0.2) is 12.3 Å². The van der Waals surface area contributed by atoms with Crippen molar-refractivity contribution in [2.75, 3.05) is 6.61 Å². The van der Waals surface area contributed by atoms with Crippen LogP contribution in [0.3, 0.4) is 0 Å². The summed E-state index contributed by atoms with van der Waals surface area (Å²) in [6.07, 6.45) is 8.36. The van der Waals surface area contributed by atoms with Gasteiger partial charge in [-0.1, -0.05) is 33.1 Å². The molecular weight excluding hydrogens is 224 g/mol. The molecule has 0 radical (unpaired) electrons. The predicted octanol–water partition coefficient (Wildman–Crippen LogP) is 3.26. The molecule has 1 aromatic rings. The Kier molecular flexibility index (Phi) is 4.70. The zero-order valence-corrected chi connectivity index (χ0v) is 11.5. The maximum Gasteiger partial charge on any atom is 0.134 e. The van der Waals surface area contributed by atoms with Gasteiger partial charge in [-0.3, -0.25) is 0 Å². The Morgan fingerprint density at radius 1 is 1.28 bits per heavy atom. The van der Waals surface area contributed by atoms with Gasteiger partial charge in [0.1, 0.15) is 5.82 Å². The minimum Gasteiger partial charge on any atom is -0.396 e. The van der Waals surface area contributed by atoms with E-state index in [1.54, 1.807) is 0 Å². The number of hydrogen-bond acceptors (Lipinski definition) is 3. The van der Waals surface area contributed by atoms with E-state index < -0.39 is 0 Å². The van der Waals surface area contributed by atoms with Crippen LogP contribution in [0.1, 0.15) is 69.3 Å². The van der Waals surface area contributed by atoms with Gasteiger partial charge in [-0.25, -0.2) is 9.97 Å². The van der Waals surface area contributed by atoms with Crippen molar-refractivity contribution in [1.82, 2.24) is 9.97 Å². The third-order valence-corrected chi connectivity index (χ3v) is 4.05. The van der Waals surface area contributed by atoms with Crippen molar-refractivity contribution in [3.05, 3.63) is 23.8 Å². The zero-order valence-electron chi connectivity index (χ0n) is 11.5. The number of aromatic nitrogens is 2. The van der Waals surface area contributed by atoms with Gasteiger partial charge in [0, 0.05) is 23.7 Å². The van der Waals surface area contributed by atoms with Gasteiger partial charge < -0.3 is 5.11 Å². The first-order valence-electron chi connectivity index (χ1n) is 7.16. The molecule has 1 N–H and O–H groups in total. The van der Waals surface area contributed by atoms with E-state index in [1.807, 2.05) is 12.3 Å². The van der Waals surface area contributed by atoms with E-state index in [9.17, 15) is 5.11 Å². The third-order valence-electron chi connectivity index (χ3n) is 4.05. The molecular formula is C15H24N2O. The predicted molar refractivity (Wildman–Crippen MR) is 72.5 cm³/mol. The summed E-state index contributed by atoms with van der Waals surface area (Å²) in [6.45, 7) is 4.35. The Hall–Kier alpha value is -0.960. The summed E-state index contributed by atoms with van der Waals surface area (Å²) in [5.74, 6) is 1.85. The highest BCUT2D eigenvalue weighted by atomic mass is 16.3. The number of rotatable bonds is 4. The first kappa shape index (κ1) is 13.5. The number of aliphatic hydroxyl groups is 1. The second-order valence-corrected chi connectivity index (χ2v) is 5.71. The molecule has 0 aliphatic heterocycles. The van der Waals surface area contributed by atoms with Crippen LogP contribution < -0.4 is 0 Å². The smallest absolute Gasteiger partial charge is 0.134 e. The second-order valence-electron chi connectivity index (χ2n) is 5.71. The van der Waals surface area contributed by atoms with E-state index >= 15 is 0 Å². The maximum atomic E-state index is 9.47. The van der Waals surface area contributed by atoms with Gasteiger partial charge in [0.05, 0.1) is 6.61 Å². The van der Waals surface area contributed by atoms with Crippen LogP contribution in [0.2, 0.25) is 0 Å². The van der Waals surface area contributed by atoms with Crippen LogP contribution in [-0.2, 0) is 0 Å². The molecule has 0 aromatic carbocycles. The van der Waals surface area contributed by atoms with Crippen molar-refractivity contribution in [2.24, 2.45) is 5.92 Å². The molecule has 0 saturated heterocycles. The molecule has 0 amide bonds. The Morgan fingerprint density at radius 2 is 2.00 bits per heavy atom. The molecule has 1 fully saturated rings. The normalized spacial score (nSPS) is 19.1. The molecule has 0 spiro atoms. The lowest BCUT2D eigenvalue weighted by Gasteiger charge is -2.23. The van der Waals surface area contributed by atoms with Crippen molar-refractivity contribution in [2.45, 2.75) is 57.8 Å². The summed E-state index contributed by atoms with van der Waals surface area (Å²) >= 11 is 0. The van der Waals surface area contributed by atoms with Crippen molar-refractivity contribution in [3.8, 4) is 0 Å². The number of hydrogen-bond donors (Lipinski definition) is 1. The van der Waals surface area contributed by atoms with Gasteiger partial charge in [0.25, 0.3) is 0 Å². The highest BCUT2D eigenvalue weighted by Gasteiger charge is 2.21. The lowest BCUT2D eigenvalue weighted by atomic mass is 9.86. The van der Waals surface area contributed by atoms with Crippen LogP contribution >= 0.6 is 0 Å². The lowest BCUT2D eigenvalue weighted by molar-refractivity contribution is 0.231. The average molecular weight is 248 g/mol. The summed E-state index contributed by atoms with van der Waals surface area (Å²) in [5.41, 5.74) is 1.18. The van der Waals surface area contributed by atoms with E-state index in [2.05, 4.69) is 18.8 Å². The summed E-state index contributed by atoms with van der Waals surface area (Å²) in [6, 6.07) is 2.05. The van der Waals surface area contributed by atoms with Gasteiger partial charge in [-0.15, -0.1) is 0 Å². The Labute approximate surface area is 110 Å². The summed E-state index contributed by atoms with van der Waals surface area (Å²) < 4.78 is 0. The van der Waals surface area contributed by atoms with E-state index in [-0.39, 0.29) is 12.5 Å². The van der Waals surface area contributed by atoms with E-state index in [4.69, 9.17) is 4.98 Å². The number of nitrogens with zero attached hydrogens (tertiary/aromatic N) is 2. The van der Waals surface area contributed by atoms with Crippen molar-refractivity contribution in [1.29, 1.82) is 0 Å². The largest absolute Gasteiger partial charge is 0.396 e. The first-order chi connectivity index (χ1) is 8.72. The Bertz CT molecular complexity index is 373. The van der Waals surface area contributed by atoms with Crippen LogP contribution in [0.25, 0.3) is 0 Å². The monoisotopic (exact) mass is 248 g/mol. The van der Waals surface area contributed by atoms with E-state index in [1.165, 1.54) is 37.8 Å². The van der Waals surface area contributed by atoms with Gasteiger partial charge in [0.2, 0.25) is 0 Å². The minimum absolute atomic E-state index is 0.0635. The Morgan fingerprint density at radius 3 is 2.61 bits per heavy atom. The van der Waals surface area contributed by atoms with E-state index in [0.29, 0.717) is 11.8 Å². The molecule has 2 rings (SSSR count). The molecule has 1 heterocycles. The molecule has 1 atom stereocenters. The molecule has 1 unspecified atom stereocenters. The molecule has 0 bridgehead atoms. The van der Waals surface area contributed by atoms with Gasteiger partial charge in [-0.05, 0) is 24.8 Å². The van der Waals surface area contributed by atoms with Crippen molar-refractivity contribution in [3.63, 3.8) is 0 Å². The quantitative estimate of drug-likeness (QED) is 0.889. The Balaban J connectivity index is 2.18. The fraction of sp³-hybridized carbons (Fsp3) is 0.733. The minimum atomic E-state index is 0.0635. The molecule has 1 aliphatic rings. The molecule has 3 nitrogen and oxygen atoms in total. The number of aliphatic hydroxyl groups excluding tert-OH is 1. The molecule has 100 valence electrons. The molecule has 18 heavy (non-hydrogen) atoms.